The number of hydrogen-bond acceptors (Lipinski definition) is 4. The van der Waals surface area contributed by atoms with E-state index in [1.54, 1.807) is 25.7 Å². The lowest BCUT2D eigenvalue weighted by atomic mass is 10.2. The Hall–Kier alpha value is -2.37. The summed E-state index contributed by atoms with van der Waals surface area (Å²) in [7, 11) is 1.72. The largest absolute Gasteiger partial charge is 0.396 e. The van der Waals surface area contributed by atoms with Crippen LogP contribution < -0.4 is 11.1 Å². The maximum atomic E-state index is 12.0. The van der Waals surface area contributed by atoms with E-state index in [-0.39, 0.29) is 11.6 Å². The first kappa shape index (κ1) is 15.7. The molecule has 1 heterocycles. The first-order valence-electron chi connectivity index (χ1n) is 6.49. The van der Waals surface area contributed by atoms with E-state index in [4.69, 9.17) is 5.73 Å². The van der Waals surface area contributed by atoms with Crippen molar-refractivity contribution in [2.45, 2.75) is 20.3 Å². The number of aromatic nitrogens is 2. The molecule has 0 unspecified atom stereocenters. The maximum Gasteiger partial charge on any atom is 0.274 e. The van der Waals surface area contributed by atoms with Crippen molar-refractivity contribution >= 4 is 17.8 Å². The summed E-state index contributed by atoms with van der Waals surface area (Å²) in [5.41, 5.74) is 7.32. The van der Waals surface area contributed by atoms with Crippen LogP contribution >= 0.6 is 0 Å². The van der Waals surface area contributed by atoms with Crippen molar-refractivity contribution in [3.63, 3.8) is 0 Å². The van der Waals surface area contributed by atoms with Gasteiger partial charge in [-0.1, -0.05) is 13.0 Å². The minimum absolute atomic E-state index is 0.249. The van der Waals surface area contributed by atoms with Crippen LogP contribution in [-0.2, 0) is 7.05 Å². The number of aryl methyl sites for hydroxylation is 1. The van der Waals surface area contributed by atoms with Crippen molar-refractivity contribution in [3.8, 4) is 0 Å². The normalized spacial score (nSPS) is 12.4. The van der Waals surface area contributed by atoms with Gasteiger partial charge >= 0.3 is 0 Å². The van der Waals surface area contributed by atoms with Gasteiger partial charge in [0, 0.05) is 32.2 Å². The molecule has 3 N–H and O–H groups in total. The van der Waals surface area contributed by atoms with Crippen LogP contribution in [0.2, 0.25) is 0 Å². The second-order valence-corrected chi connectivity index (χ2v) is 4.20. The van der Waals surface area contributed by atoms with Crippen LogP contribution in [0.25, 0.3) is 0 Å². The number of hydrogen-bond donors (Lipinski definition) is 2. The highest BCUT2D eigenvalue weighted by atomic mass is 16.1. The summed E-state index contributed by atoms with van der Waals surface area (Å²) in [5.74, 6) is -0.280. The van der Waals surface area contributed by atoms with E-state index in [0.717, 1.165) is 12.0 Å². The zero-order valence-electron chi connectivity index (χ0n) is 12.1. The Bertz CT molecular complexity index is 540. The molecular weight excluding hydrogens is 254 g/mol. The quantitative estimate of drug-likeness (QED) is 0.611. The topological polar surface area (TPSA) is 85.3 Å². The van der Waals surface area contributed by atoms with E-state index in [0.29, 0.717) is 12.2 Å². The first-order chi connectivity index (χ1) is 9.58. The third kappa shape index (κ3) is 4.72. The molecule has 20 heavy (non-hydrogen) atoms. The van der Waals surface area contributed by atoms with Gasteiger partial charge in [-0.2, -0.15) is 5.10 Å². The lowest BCUT2D eigenvalue weighted by molar-refractivity contribution is 0.0952. The van der Waals surface area contributed by atoms with Gasteiger partial charge in [0.1, 0.15) is 0 Å². The van der Waals surface area contributed by atoms with Gasteiger partial charge in [0.15, 0.2) is 5.69 Å². The number of rotatable bonds is 6. The number of anilines is 1. The Labute approximate surface area is 119 Å². The van der Waals surface area contributed by atoms with E-state index in [1.165, 1.54) is 4.68 Å². The molecule has 0 fully saturated rings. The Balaban J connectivity index is 2.66. The monoisotopic (exact) mass is 275 g/mol. The Morgan fingerprint density at radius 1 is 1.60 bits per heavy atom. The van der Waals surface area contributed by atoms with Gasteiger partial charge in [0.25, 0.3) is 5.91 Å². The van der Waals surface area contributed by atoms with Crippen LogP contribution in [0.1, 0.15) is 30.8 Å². The molecule has 0 radical (unpaired) electrons. The molecule has 1 amide bonds. The lowest BCUT2D eigenvalue weighted by Gasteiger charge is -2.04. The smallest absolute Gasteiger partial charge is 0.274 e. The van der Waals surface area contributed by atoms with Crippen molar-refractivity contribution in [2.75, 3.05) is 12.3 Å². The lowest BCUT2D eigenvalue weighted by Crippen LogP contribution is -2.26. The van der Waals surface area contributed by atoms with Crippen LogP contribution in [-0.4, -0.2) is 28.4 Å². The average Bonchev–Trinajstić information content (AvgIpc) is 2.75. The number of carbonyl (C=O) groups excluding carboxylic acids is 1. The zero-order valence-corrected chi connectivity index (χ0v) is 12.1. The summed E-state index contributed by atoms with van der Waals surface area (Å²) in [6.45, 7) is 4.30. The fourth-order valence-electron chi connectivity index (χ4n) is 1.64. The van der Waals surface area contributed by atoms with Crippen molar-refractivity contribution in [1.82, 2.24) is 15.1 Å². The summed E-state index contributed by atoms with van der Waals surface area (Å²) in [5, 5.41) is 6.83. The van der Waals surface area contributed by atoms with Crippen LogP contribution in [0, 0.1) is 0 Å². The molecule has 108 valence electrons. The molecule has 1 aromatic rings. The third-order valence-corrected chi connectivity index (χ3v) is 2.52. The Kier molecular flexibility index (Phi) is 6.22. The summed E-state index contributed by atoms with van der Waals surface area (Å²) < 4.78 is 1.52. The van der Waals surface area contributed by atoms with Gasteiger partial charge in [-0.15, -0.1) is 0 Å². The average molecular weight is 275 g/mol. The molecule has 0 aliphatic carbocycles. The predicted octanol–water partition coefficient (Wildman–Crippen LogP) is 1.67. The van der Waals surface area contributed by atoms with Gasteiger partial charge in [0.05, 0.1) is 5.69 Å². The number of amides is 1. The van der Waals surface area contributed by atoms with Crippen LogP contribution in [0.15, 0.2) is 35.1 Å². The fourth-order valence-corrected chi connectivity index (χ4v) is 1.64. The molecule has 1 aromatic heterocycles. The molecule has 6 nitrogen and oxygen atoms in total. The van der Waals surface area contributed by atoms with Gasteiger partial charge in [-0.3, -0.25) is 14.5 Å². The van der Waals surface area contributed by atoms with E-state index >= 15 is 0 Å². The number of allylic oxidation sites excluding steroid dienone is 1. The molecular formula is C14H21N5O. The van der Waals surface area contributed by atoms with Crippen molar-refractivity contribution < 1.29 is 4.79 Å². The van der Waals surface area contributed by atoms with Crippen LogP contribution in [0.3, 0.4) is 0 Å². The number of nitrogen functional groups attached to an aromatic ring is 1. The summed E-state index contributed by atoms with van der Waals surface area (Å²) in [6, 6.07) is 0. The summed E-state index contributed by atoms with van der Waals surface area (Å²) in [4.78, 5) is 16.0. The van der Waals surface area contributed by atoms with Crippen LogP contribution in [0.4, 0.5) is 5.69 Å². The predicted molar refractivity (Wildman–Crippen MR) is 81.6 cm³/mol. The second-order valence-electron chi connectivity index (χ2n) is 4.20. The van der Waals surface area contributed by atoms with E-state index < -0.39 is 0 Å². The van der Waals surface area contributed by atoms with Gasteiger partial charge < -0.3 is 11.1 Å². The van der Waals surface area contributed by atoms with Crippen LogP contribution in [0.5, 0.6) is 0 Å². The molecule has 0 spiro atoms. The number of nitrogens with two attached hydrogens (primary N) is 1. The molecule has 0 aliphatic rings. The molecule has 0 saturated carbocycles. The van der Waals surface area contributed by atoms with Crippen molar-refractivity contribution in [3.05, 3.63) is 35.8 Å². The van der Waals surface area contributed by atoms with Gasteiger partial charge in [-0.05, 0) is 25.0 Å². The zero-order chi connectivity index (χ0) is 15.0. The highest BCUT2D eigenvalue weighted by molar-refractivity contribution is 5.97. The van der Waals surface area contributed by atoms with Gasteiger partial charge in [-0.25, -0.2) is 0 Å². The minimum Gasteiger partial charge on any atom is -0.396 e. The highest BCUT2D eigenvalue weighted by Crippen LogP contribution is 2.08. The SMILES string of the molecule is C\C=N/C=C\C(=C\CC)CNC(=O)c1nn(C)cc1N. The molecule has 1 rings (SSSR count). The van der Waals surface area contributed by atoms with E-state index in [9.17, 15) is 4.79 Å². The number of carbonyl (C=O) groups is 1. The molecule has 0 aliphatic heterocycles. The fraction of sp³-hybridized carbons (Fsp3) is 0.357. The minimum atomic E-state index is -0.280. The van der Waals surface area contributed by atoms with Crippen molar-refractivity contribution in [1.29, 1.82) is 0 Å². The molecule has 0 atom stereocenters. The molecule has 0 saturated heterocycles. The highest BCUT2D eigenvalue weighted by Gasteiger charge is 2.13. The van der Waals surface area contributed by atoms with E-state index in [2.05, 4.69) is 15.4 Å². The molecule has 6 heteroatoms. The standard InChI is InChI=1S/C14H21N5O/c1-4-6-11(7-8-16-5-2)9-17-14(20)13-12(15)10-19(3)18-13/h5-8,10H,4,9,15H2,1-3H3,(H,17,20)/b8-7-,11-6-,16-5-. The molecule has 0 aromatic carbocycles. The Morgan fingerprint density at radius 3 is 2.90 bits per heavy atom. The third-order valence-electron chi connectivity index (χ3n) is 2.52. The summed E-state index contributed by atoms with van der Waals surface area (Å²) >= 11 is 0. The van der Waals surface area contributed by atoms with Gasteiger partial charge in [0.2, 0.25) is 0 Å². The summed E-state index contributed by atoms with van der Waals surface area (Å²) in [6.07, 6.45) is 9.79. The molecule has 0 bridgehead atoms. The maximum absolute atomic E-state index is 12.0. The second kappa shape index (κ2) is 7.93. The van der Waals surface area contributed by atoms with E-state index in [1.807, 2.05) is 26.0 Å². The first-order valence-corrected chi connectivity index (χ1v) is 6.49. The number of nitrogens with zero attached hydrogens (tertiary/aromatic N) is 3. The number of aliphatic imine (C=N–C) groups is 1. The number of nitrogens with one attached hydrogen (secondary N) is 1. The Morgan fingerprint density at radius 2 is 2.35 bits per heavy atom. The van der Waals surface area contributed by atoms with Crippen molar-refractivity contribution in [2.24, 2.45) is 12.0 Å².